The lowest BCUT2D eigenvalue weighted by Gasteiger charge is -2.42. The summed E-state index contributed by atoms with van der Waals surface area (Å²) in [7, 11) is 5.82. The van der Waals surface area contributed by atoms with E-state index in [4.69, 9.17) is 32.9 Å². The molecule has 7 heteroatoms. The van der Waals surface area contributed by atoms with Crippen molar-refractivity contribution in [1.82, 2.24) is 9.80 Å². The van der Waals surface area contributed by atoms with Crippen LogP contribution in [-0.2, 0) is 16.0 Å². The van der Waals surface area contributed by atoms with Crippen molar-refractivity contribution in [2.45, 2.75) is 69.1 Å². The van der Waals surface area contributed by atoms with E-state index in [2.05, 4.69) is 67.2 Å². The van der Waals surface area contributed by atoms with E-state index < -0.39 is 5.54 Å². The van der Waals surface area contributed by atoms with Crippen molar-refractivity contribution < 1.29 is 9.53 Å². The maximum atomic E-state index is 13.8. The first kappa shape index (κ1) is 31.6. The van der Waals surface area contributed by atoms with Crippen LogP contribution >= 0.6 is 23.2 Å². The van der Waals surface area contributed by atoms with Gasteiger partial charge >= 0.3 is 5.97 Å². The van der Waals surface area contributed by atoms with Crippen LogP contribution < -0.4 is 0 Å². The molecule has 228 valence electrons. The summed E-state index contributed by atoms with van der Waals surface area (Å²) >= 11 is 12.4. The molecule has 0 radical (unpaired) electrons. The van der Waals surface area contributed by atoms with Crippen LogP contribution in [0.25, 0.3) is 0 Å². The molecule has 4 atom stereocenters. The Morgan fingerprint density at radius 1 is 0.930 bits per heavy atom. The second kappa shape index (κ2) is 13.8. The highest BCUT2D eigenvalue weighted by Crippen LogP contribution is 2.45. The van der Waals surface area contributed by atoms with Gasteiger partial charge in [-0.25, -0.2) is 4.79 Å². The summed E-state index contributed by atoms with van der Waals surface area (Å²) in [6, 6.07) is 26.8. The second-order valence-electron chi connectivity index (χ2n) is 12.5. The zero-order chi connectivity index (χ0) is 30.6. The molecule has 3 aromatic carbocycles. The van der Waals surface area contributed by atoms with Crippen molar-refractivity contribution in [2.75, 3.05) is 21.2 Å². The molecule has 1 fully saturated rings. The molecule has 5 rings (SSSR count). The SMILES string of the molecule is COC(=O)C1(Cc2ccc(Cl)cc2)N=CN(C(C)c2ccccc2)C1CC1CCC(C(c2ccc(Cl)cc2)N(C)C)CC1. The van der Waals surface area contributed by atoms with E-state index in [1.54, 1.807) is 0 Å². The molecular weight excluding hydrogens is 577 g/mol. The number of esters is 1. The predicted octanol–water partition coefficient (Wildman–Crippen LogP) is 8.42. The summed E-state index contributed by atoms with van der Waals surface area (Å²) in [6.07, 6.45) is 7.75. The van der Waals surface area contributed by atoms with Crippen LogP contribution in [0.3, 0.4) is 0 Å². The van der Waals surface area contributed by atoms with Gasteiger partial charge in [-0.2, -0.15) is 0 Å². The first-order valence-corrected chi connectivity index (χ1v) is 16.1. The van der Waals surface area contributed by atoms with E-state index in [1.807, 2.05) is 48.8 Å². The van der Waals surface area contributed by atoms with E-state index in [-0.39, 0.29) is 18.1 Å². The number of carbonyl (C=O) groups excluding carboxylic acids is 1. The van der Waals surface area contributed by atoms with Gasteiger partial charge in [0, 0.05) is 22.5 Å². The number of carbonyl (C=O) groups is 1. The third-order valence-electron chi connectivity index (χ3n) is 9.65. The van der Waals surface area contributed by atoms with Crippen LogP contribution in [0.15, 0.2) is 83.9 Å². The Morgan fingerprint density at radius 2 is 1.53 bits per heavy atom. The Balaban J connectivity index is 1.40. The fourth-order valence-corrected chi connectivity index (χ4v) is 7.65. The maximum Gasteiger partial charge on any atom is 0.336 e. The highest BCUT2D eigenvalue weighted by atomic mass is 35.5. The van der Waals surface area contributed by atoms with Crippen LogP contribution in [0.1, 0.15) is 67.8 Å². The van der Waals surface area contributed by atoms with E-state index in [1.165, 1.54) is 18.2 Å². The Kier molecular flexibility index (Phi) is 10.2. The molecule has 4 unspecified atom stereocenters. The number of rotatable bonds is 10. The van der Waals surface area contributed by atoms with Crippen LogP contribution in [0.5, 0.6) is 0 Å². The Morgan fingerprint density at radius 3 is 2.12 bits per heavy atom. The first-order chi connectivity index (χ1) is 20.7. The summed E-state index contributed by atoms with van der Waals surface area (Å²) in [5, 5.41) is 1.44. The van der Waals surface area contributed by atoms with Crippen LogP contribution in [0.2, 0.25) is 10.0 Å². The zero-order valence-corrected chi connectivity index (χ0v) is 27.1. The van der Waals surface area contributed by atoms with E-state index >= 15 is 0 Å². The number of hydrogen-bond donors (Lipinski definition) is 0. The molecule has 0 saturated heterocycles. The molecule has 2 aliphatic rings. The average Bonchev–Trinajstić information content (AvgIpc) is 3.38. The van der Waals surface area contributed by atoms with Gasteiger partial charge in [-0.05, 0) is 93.1 Å². The minimum atomic E-state index is -1.03. The largest absolute Gasteiger partial charge is 0.467 e. The van der Waals surface area contributed by atoms with E-state index in [0.29, 0.717) is 29.3 Å². The van der Waals surface area contributed by atoms with Crippen molar-refractivity contribution in [3.05, 3.63) is 106 Å². The van der Waals surface area contributed by atoms with Crippen molar-refractivity contribution in [2.24, 2.45) is 16.8 Å². The van der Waals surface area contributed by atoms with Crippen LogP contribution in [0.4, 0.5) is 0 Å². The van der Waals surface area contributed by atoms with Gasteiger partial charge in [0.25, 0.3) is 0 Å². The van der Waals surface area contributed by atoms with E-state index in [0.717, 1.165) is 42.7 Å². The molecule has 1 aliphatic heterocycles. The Labute approximate surface area is 266 Å². The van der Waals surface area contributed by atoms with Gasteiger partial charge in [0.05, 0.1) is 25.5 Å². The fourth-order valence-electron chi connectivity index (χ4n) is 7.39. The fraction of sp³-hybridized carbons (Fsp3) is 0.444. The van der Waals surface area contributed by atoms with Gasteiger partial charge in [-0.15, -0.1) is 0 Å². The van der Waals surface area contributed by atoms with Gasteiger partial charge in [-0.3, -0.25) is 4.99 Å². The van der Waals surface area contributed by atoms with Crippen LogP contribution in [-0.4, -0.2) is 54.9 Å². The molecule has 0 aromatic heterocycles. The summed E-state index contributed by atoms with van der Waals surface area (Å²) < 4.78 is 5.50. The van der Waals surface area contributed by atoms with Crippen LogP contribution in [0, 0.1) is 11.8 Å². The molecule has 0 bridgehead atoms. The number of methoxy groups -OCH3 is 1. The molecule has 5 nitrogen and oxygen atoms in total. The summed E-state index contributed by atoms with van der Waals surface area (Å²) in [6.45, 7) is 2.20. The summed E-state index contributed by atoms with van der Waals surface area (Å²) in [5.41, 5.74) is 2.51. The number of hydrogen-bond acceptors (Lipinski definition) is 5. The molecule has 3 aromatic rings. The highest BCUT2D eigenvalue weighted by Gasteiger charge is 2.54. The molecule has 1 saturated carbocycles. The van der Waals surface area contributed by atoms with Crippen molar-refractivity contribution in [3.8, 4) is 0 Å². The van der Waals surface area contributed by atoms with Gasteiger partial charge in [0.1, 0.15) is 0 Å². The monoisotopic (exact) mass is 619 g/mol. The van der Waals surface area contributed by atoms with Crippen molar-refractivity contribution in [1.29, 1.82) is 0 Å². The predicted molar refractivity (Wildman–Crippen MR) is 177 cm³/mol. The van der Waals surface area contributed by atoms with Gasteiger partial charge in [-0.1, -0.05) is 90.6 Å². The van der Waals surface area contributed by atoms with Gasteiger partial charge < -0.3 is 14.5 Å². The number of aliphatic imine (C=N–C) groups is 1. The number of halogens is 2. The average molecular weight is 621 g/mol. The standard InChI is InChI=1S/C36H43Cl2N3O2/c1-25(28-8-6-5-7-9-28)41-24-39-36(35(42)43-4,23-27-12-18-31(37)19-13-27)33(41)22-26-10-14-29(15-11-26)34(40(2)3)30-16-20-32(38)21-17-30/h5-9,12-13,16-21,24-26,29,33-34H,10-11,14-15,22-23H2,1-4H3. The molecule has 1 aliphatic carbocycles. The lowest BCUT2D eigenvalue weighted by molar-refractivity contribution is -0.149. The number of ether oxygens (including phenoxy) is 1. The number of nitrogens with zero attached hydrogens (tertiary/aromatic N) is 3. The lowest BCUT2D eigenvalue weighted by Crippen LogP contribution is -2.54. The maximum absolute atomic E-state index is 13.8. The lowest BCUT2D eigenvalue weighted by atomic mass is 9.72. The number of benzene rings is 3. The van der Waals surface area contributed by atoms with Crippen molar-refractivity contribution >= 4 is 35.5 Å². The minimum absolute atomic E-state index is 0.0612. The third kappa shape index (κ3) is 6.95. The Hall–Kier alpha value is -2.86. The Bertz CT molecular complexity index is 1370. The second-order valence-corrected chi connectivity index (χ2v) is 13.4. The minimum Gasteiger partial charge on any atom is -0.467 e. The quantitative estimate of drug-likeness (QED) is 0.214. The van der Waals surface area contributed by atoms with E-state index in [9.17, 15) is 4.79 Å². The topological polar surface area (TPSA) is 45.1 Å². The zero-order valence-electron chi connectivity index (χ0n) is 25.6. The molecule has 0 N–H and O–H groups in total. The normalized spacial score (nSPS) is 25.1. The first-order valence-electron chi connectivity index (χ1n) is 15.3. The molecule has 0 spiro atoms. The third-order valence-corrected chi connectivity index (χ3v) is 10.2. The molecule has 0 amide bonds. The van der Waals surface area contributed by atoms with Crippen molar-refractivity contribution in [3.63, 3.8) is 0 Å². The molecular formula is C36H43Cl2N3O2. The highest BCUT2D eigenvalue weighted by molar-refractivity contribution is 6.30. The summed E-state index contributed by atoms with van der Waals surface area (Å²) in [5.74, 6) is 0.761. The molecule has 1 heterocycles. The summed E-state index contributed by atoms with van der Waals surface area (Å²) in [4.78, 5) is 23.4. The molecule has 43 heavy (non-hydrogen) atoms. The smallest absolute Gasteiger partial charge is 0.336 e. The van der Waals surface area contributed by atoms with Gasteiger partial charge in [0.2, 0.25) is 0 Å². The van der Waals surface area contributed by atoms with Gasteiger partial charge in [0.15, 0.2) is 5.54 Å².